The van der Waals surface area contributed by atoms with E-state index in [1.54, 1.807) is 42.5 Å². The third-order valence-electron chi connectivity index (χ3n) is 8.08. The molecule has 1 aromatic heterocycles. The lowest BCUT2D eigenvalue weighted by molar-refractivity contribution is 0.0952. The zero-order valence-corrected chi connectivity index (χ0v) is 29.0. The summed E-state index contributed by atoms with van der Waals surface area (Å²) in [4.78, 5) is 38.4. The molecular formula is C36H42Cl2N6O3. The quantitative estimate of drug-likeness (QED) is 0.115. The number of hydrogen-bond donors (Lipinski definition) is 3. The van der Waals surface area contributed by atoms with Gasteiger partial charge in [0.1, 0.15) is 5.82 Å². The van der Waals surface area contributed by atoms with Crippen LogP contribution in [0.4, 0.5) is 22.2 Å². The van der Waals surface area contributed by atoms with Crippen molar-refractivity contribution in [2.24, 2.45) is 0 Å². The molecule has 3 N–H and O–H groups in total. The number of nitrogens with one attached hydrogen (secondary N) is 2. The van der Waals surface area contributed by atoms with E-state index in [0.717, 1.165) is 54.7 Å². The Morgan fingerprint density at radius 2 is 1.66 bits per heavy atom. The number of amides is 2. The molecule has 4 rings (SSSR count). The molecule has 0 spiro atoms. The minimum atomic E-state index is -1.23. The van der Waals surface area contributed by atoms with Gasteiger partial charge in [-0.15, -0.1) is 0 Å². The lowest BCUT2D eigenvalue weighted by atomic mass is 9.89. The largest absolute Gasteiger partial charge is 0.465 e. The Labute approximate surface area is 286 Å². The molecule has 11 heteroatoms. The minimum absolute atomic E-state index is 0.133. The van der Waals surface area contributed by atoms with Gasteiger partial charge in [0.25, 0.3) is 5.91 Å². The van der Waals surface area contributed by atoms with Crippen molar-refractivity contribution < 1.29 is 14.7 Å². The predicted molar refractivity (Wildman–Crippen MR) is 191 cm³/mol. The van der Waals surface area contributed by atoms with Crippen molar-refractivity contribution in [2.75, 3.05) is 36.4 Å². The Bertz CT molecular complexity index is 1690. The van der Waals surface area contributed by atoms with Gasteiger partial charge < -0.3 is 20.6 Å². The average Bonchev–Trinajstić information content (AvgIpc) is 3.03. The third-order valence-corrected chi connectivity index (χ3v) is 8.66. The zero-order valence-electron chi connectivity index (χ0n) is 27.5. The molecule has 2 amide bonds. The number of benzene rings is 3. The second kappa shape index (κ2) is 16.6. The van der Waals surface area contributed by atoms with E-state index in [-0.39, 0.29) is 17.7 Å². The van der Waals surface area contributed by atoms with Crippen LogP contribution in [0, 0.1) is 20.8 Å². The standard InChI is InChI=1S/C36H42Cl2N6O3/c1-6-43(7-2)18-9-8-16-39-34(45)26-11-10-12-28(21-26)41-35-40-17-15-31(42-35)44(36(46)47)33(29-22-27(37)13-14-30(29)38)32-24(4)19-23(3)20-25(32)5/h10-15,17,19-22,33H,6-9,16,18H2,1-5H3,(H,39,45)(H,46,47)(H,40,41,42). The van der Waals surface area contributed by atoms with Crippen molar-refractivity contribution in [1.29, 1.82) is 0 Å². The molecule has 1 heterocycles. The highest BCUT2D eigenvalue weighted by atomic mass is 35.5. The topological polar surface area (TPSA) is 111 Å². The lowest BCUT2D eigenvalue weighted by Gasteiger charge is -2.32. The summed E-state index contributed by atoms with van der Waals surface area (Å²) in [6.07, 6.45) is 2.16. The summed E-state index contributed by atoms with van der Waals surface area (Å²) in [5.41, 5.74) is 5.24. The van der Waals surface area contributed by atoms with Crippen LogP contribution >= 0.6 is 23.2 Å². The number of carbonyl (C=O) groups is 2. The number of anilines is 3. The number of carbonyl (C=O) groups excluding carboxylic acids is 1. The van der Waals surface area contributed by atoms with Gasteiger partial charge in [-0.05, 0) is 118 Å². The summed E-state index contributed by atoms with van der Waals surface area (Å²) in [5, 5.41) is 17.6. The second-order valence-electron chi connectivity index (χ2n) is 11.5. The molecule has 0 radical (unpaired) electrons. The molecule has 3 aromatic carbocycles. The Balaban J connectivity index is 1.61. The minimum Gasteiger partial charge on any atom is -0.465 e. The number of carboxylic acid groups (broad SMARTS) is 1. The van der Waals surface area contributed by atoms with Gasteiger partial charge in [0.15, 0.2) is 0 Å². The number of halogens is 2. The molecule has 1 unspecified atom stereocenters. The first-order valence-electron chi connectivity index (χ1n) is 15.8. The van der Waals surface area contributed by atoms with Gasteiger partial charge in [-0.3, -0.25) is 4.79 Å². The molecule has 0 aliphatic carbocycles. The number of nitrogens with zero attached hydrogens (tertiary/aromatic N) is 4. The number of hydrogen-bond acceptors (Lipinski definition) is 6. The van der Waals surface area contributed by atoms with Crippen LogP contribution in [0.25, 0.3) is 0 Å². The summed E-state index contributed by atoms with van der Waals surface area (Å²) in [7, 11) is 0. The van der Waals surface area contributed by atoms with E-state index >= 15 is 0 Å². The zero-order chi connectivity index (χ0) is 34.1. The summed E-state index contributed by atoms with van der Waals surface area (Å²) >= 11 is 13.1. The first kappa shape index (κ1) is 35.7. The maximum absolute atomic E-state index is 13.1. The maximum atomic E-state index is 13.1. The molecule has 0 fully saturated rings. The molecule has 9 nitrogen and oxygen atoms in total. The summed E-state index contributed by atoms with van der Waals surface area (Å²) in [6, 6.07) is 16.7. The lowest BCUT2D eigenvalue weighted by Crippen LogP contribution is -2.36. The van der Waals surface area contributed by atoms with E-state index in [1.165, 1.54) is 17.2 Å². The van der Waals surface area contributed by atoms with E-state index in [2.05, 4.69) is 39.3 Å². The molecule has 0 aliphatic heterocycles. The molecule has 248 valence electrons. The fourth-order valence-corrected chi connectivity index (χ4v) is 6.23. The summed E-state index contributed by atoms with van der Waals surface area (Å²) in [5.74, 6) is 0.123. The fraction of sp³-hybridized carbons (Fsp3) is 0.333. The molecule has 0 saturated heterocycles. The van der Waals surface area contributed by atoms with Crippen molar-refractivity contribution in [3.05, 3.63) is 110 Å². The van der Waals surface area contributed by atoms with Crippen molar-refractivity contribution in [3.63, 3.8) is 0 Å². The third kappa shape index (κ3) is 9.22. The number of unbranched alkanes of at least 4 members (excludes halogenated alkanes) is 1. The Morgan fingerprint density at radius 3 is 2.34 bits per heavy atom. The van der Waals surface area contributed by atoms with Crippen LogP contribution in [-0.4, -0.2) is 58.2 Å². The molecule has 0 bridgehead atoms. The highest BCUT2D eigenvalue weighted by molar-refractivity contribution is 6.33. The van der Waals surface area contributed by atoms with Crippen LogP contribution in [0.2, 0.25) is 10.0 Å². The van der Waals surface area contributed by atoms with Crippen LogP contribution < -0.4 is 15.5 Å². The number of aryl methyl sites for hydroxylation is 3. The summed E-state index contributed by atoms with van der Waals surface area (Å²) in [6.45, 7) is 13.8. The van der Waals surface area contributed by atoms with Gasteiger partial charge in [0.2, 0.25) is 5.95 Å². The van der Waals surface area contributed by atoms with Crippen molar-refractivity contribution in [1.82, 2.24) is 20.2 Å². The molecule has 0 saturated carbocycles. The molecule has 0 aliphatic rings. The van der Waals surface area contributed by atoms with Gasteiger partial charge in [-0.25, -0.2) is 14.7 Å². The normalized spacial score (nSPS) is 11.7. The smallest absolute Gasteiger partial charge is 0.413 e. The van der Waals surface area contributed by atoms with Crippen LogP contribution in [0.15, 0.2) is 66.9 Å². The van der Waals surface area contributed by atoms with Gasteiger partial charge in [0.05, 0.1) is 6.04 Å². The van der Waals surface area contributed by atoms with Crippen LogP contribution in [-0.2, 0) is 0 Å². The molecule has 4 aromatic rings. The summed E-state index contributed by atoms with van der Waals surface area (Å²) < 4.78 is 0. The number of rotatable bonds is 14. The van der Waals surface area contributed by atoms with E-state index in [4.69, 9.17) is 23.2 Å². The van der Waals surface area contributed by atoms with Crippen LogP contribution in [0.1, 0.15) is 70.9 Å². The number of aromatic nitrogens is 2. The first-order chi connectivity index (χ1) is 22.5. The van der Waals surface area contributed by atoms with E-state index < -0.39 is 12.1 Å². The SMILES string of the molecule is CCN(CC)CCCCNC(=O)c1cccc(Nc2nccc(N(C(=O)O)C(c3cc(Cl)ccc3Cl)c3c(C)cc(C)cc3C)n2)c1. The first-order valence-corrected chi connectivity index (χ1v) is 16.5. The van der Waals surface area contributed by atoms with Crippen molar-refractivity contribution in [2.45, 2.75) is 53.5 Å². The van der Waals surface area contributed by atoms with E-state index in [0.29, 0.717) is 33.4 Å². The maximum Gasteiger partial charge on any atom is 0.413 e. The van der Waals surface area contributed by atoms with Gasteiger partial charge in [-0.2, -0.15) is 4.98 Å². The fourth-order valence-electron chi connectivity index (χ4n) is 5.83. The van der Waals surface area contributed by atoms with Crippen LogP contribution in [0.3, 0.4) is 0 Å². The highest BCUT2D eigenvalue weighted by Gasteiger charge is 2.33. The van der Waals surface area contributed by atoms with Crippen molar-refractivity contribution in [3.8, 4) is 0 Å². The average molecular weight is 678 g/mol. The molecule has 47 heavy (non-hydrogen) atoms. The second-order valence-corrected chi connectivity index (χ2v) is 12.3. The van der Waals surface area contributed by atoms with E-state index in [1.807, 2.05) is 32.9 Å². The molecular weight excluding hydrogens is 635 g/mol. The van der Waals surface area contributed by atoms with Gasteiger partial charge >= 0.3 is 6.09 Å². The van der Waals surface area contributed by atoms with Gasteiger partial charge in [0, 0.05) is 34.0 Å². The highest BCUT2D eigenvalue weighted by Crippen LogP contribution is 2.40. The Morgan fingerprint density at radius 1 is 0.936 bits per heavy atom. The van der Waals surface area contributed by atoms with Crippen LogP contribution in [0.5, 0.6) is 0 Å². The Hall–Kier alpha value is -4.18. The van der Waals surface area contributed by atoms with Crippen molar-refractivity contribution >= 4 is 52.7 Å². The van der Waals surface area contributed by atoms with Gasteiger partial charge in [-0.1, -0.05) is 60.8 Å². The monoisotopic (exact) mass is 676 g/mol. The molecule has 1 atom stereocenters. The van der Waals surface area contributed by atoms with E-state index in [9.17, 15) is 14.7 Å². The predicted octanol–water partition coefficient (Wildman–Crippen LogP) is 8.58. The Kier molecular flexibility index (Phi) is 12.6.